The van der Waals surface area contributed by atoms with Gasteiger partial charge in [-0.05, 0) is 6.07 Å². The Labute approximate surface area is 153 Å². The van der Waals surface area contributed by atoms with Gasteiger partial charge < -0.3 is 10.5 Å². The van der Waals surface area contributed by atoms with Crippen molar-refractivity contribution in [3.05, 3.63) is 34.7 Å². The van der Waals surface area contributed by atoms with Crippen LogP contribution in [0.2, 0.25) is 5.02 Å². The van der Waals surface area contributed by atoms with Crippen LogP contribution in [0.5, 0.6) is 0 Å². The topological polar surface area (TPSA) is 111 Å². The number of nitrogens with zero attached hydrogens (tertiary/aromatic N) is 4. The van der Waals surface area contributed by atoms with E-state index in [1.54, 1.807) is 18.5 Å². The van der Waals surface area contributed by atoms with E-state index in [1.807, 2.05) is 0 Å². The highest BCUT2D eigenvalue weighted by Gasteiger charge is 2.58. The standard InChI is InChI=1S/C14H14ClN5O3S2/c1-20-13(16)19-14(2-3-23-12(14)25(20,21)22)11-9(15)4-10(24-11)8-5-17-7-18-6-8/h4-7,12H,2-3H2,1H3,(H2,16,19). The van der Waals surface area contributed by atoms with Crippen molar-refractivity contribution in [2.45, 2.75) is 17.4 Å². The number of rotatable bonds is 2. The highest BCUT2D eigenvalue weighted by Crippen LogP contribution is 2.51. The Kier molecular flexibility index (Phi) is 3.76. The molecule has 0 amide bonds. The van der Waals surface area contributed by atoms with Crippen LogP contribution in [0.25, 0.3) is 10.4 Å². The first-order valence-corrected chi connectivity index (χ1v) is 10.1. The Hall–Kier alpha value is -1.75. The Bertz CT molecular complexity index is 962. The fourth-order valence-electron chi connectivity index (χ4n) is 3.07. The third-order valence-corrected chi connectivity index (χ3v) is 8.14. The molecule has 1 saturated heterocycles. The summed E-state index contributed by atoms with van der Waals surface area (Å²) in [5.74, 6) is -0.0733. The Morgan fingerprint density at radius 2 is 2.16 bits per heavy atom. The maximum Gasteiger partial charge on any atom is 0.267 e. The van der Waals surface area contributed by atoms with Crippen molar-refractivity contribution in [2.75, 3.05) is 13.7 Å². The molecule has 2 aliphatic heterocycles. The van der Waals surface area contributed by atoms with Crippen LogP contribution in [-0.4, -0.2) is 47.7 Å². The third-order valence-electron chi connectivity index (χ3n) is 4.36. The lowest BCUT2D eigenvalue weighted by Crippen LogP contribution is -2.55. The van der Waals surface area contributed by atoms with E-state index >= 15 is 0 Å². The van der Waals surface area contributed by atoms with Crippen LogP contribution in [-0.2, 0) is 20.3 Å². The van der Waals surface area contributed by atoms with Crippen molar-refractivity contribution in [1.82, 2.24) is 14.3 Å². The molecular formula is C14H14ClN5O3S2. The minimum absolute atomic E-state index is 0.0733. The van der Waals surface area contributed by atoms with Gasteiger partial charge in [-0.25, -0.2) is 27.7 Å². The SMILES string of the molecule is CN1C(N)=NC2(c3sc(-c4cncnc4)cc3Cl)CCOC2S1(=O)=O. The molecule has 2 aromatic rings. The van der Waals surface area contributed by atoms with Crippen molar-refractivity contribution < 1.29 is 13.2 Å². The third kappa shape index (κ3) is 2.35. The molecular weight excluding hydrogens is 386 g/mol. The Morgan fingerprint density at radius 1 is 1.44 bits per heavy atom. The normalized spacial score (nSPS) is 27.8. The van der Waals surface area contributed by atoms with E-state index < -0.39 is 21.0 Å². The van der Waals surface area contributed by atoms with Crippen LogP contribution < -0.4 is 5.73 Å². The number of nitrogens with two attached hydrogens (primary N) is 1. The lowest BCUT2D eigenvalue weighted by molar-refractivity contribution is 0.135. The zero-order valence-corrected chi connectivity index (χ0v) is 15.5. The number of ether oxygens (including phenoxy) is 1. The summed E-state index contributed by atoms with van der Waals surface area (Å²) < 4.78 is 32.0. The van der Waals surface area contributed by atoms with E-state index in [1.165, 1.54) is 24.7 Å². The van der Waals surface area contributed by atoms with Gasteiger partial charge in [-0.3, -0.25) is 0 Å². The molecule has 2 aliphatic rings. The van der Waals surface area contributed by atoms with Gasteiger partial charge in [0.05, 0.1) is 16.5 Å². The first-order valence-electron chi connectivity index (χ1n) is 7.36. The van der Waals surface area contributed by atoms with E-state index in [4.69, 9.17) is 22.1 Å². The molecule has 132 valence electrons. The molecule has 8 nitrogen and oxygen atoms in total. The molecule has 4 heterocycles. The summed E-state index contributed by atoms with van der Waals surface area (Å²) in [4.78, 5) is 13.9. The van der Waals surface area contributed by atoms with Crippen LogP contribution in [0.3, 0.4) is 0 Å². The number of sulfonamides is 1. The molecule has 2 N–H and O–H groups in total. The molecule has 2 atom stereocenters. The molecule has 2 unspecified atom stereocenters. The monoisotopic (exact) mass is 399 g/mol. The van der Waals surface area contributed by atoms with Gasteiger partial charge in [0.2, 0.25) is 11.4 Å². The molecule has 11 heteroatoms. The first-order chi connectivity index (χ1) is 11.9. The van der Waals surface area contributed by atoms with Crippen molar-refractivity contribution in [3.8, 4) is 10.4 Å². The molecule has 4 rings (SSSR count). The number of guanidine groups is 1. The van der Waals surface area contributed by atoms with Crippen molar-refractivity contribution in [3.63, 3.8) is 0 Å². The summed E-state index contributed by atoms with van der Waals surface area (Å²) in [5.41, 5.74) is 4.40. The largest absolute Gasteiger partial charge is 0.369 e. The van der Waals surface area contributed by atoms with Gasteiger partial charge in [-0.2, -0.15) is 0 Å². The predicted octanol–water partition coefficient (Wildman–Crippen LogP) is 1.39. The maximum atomic E-state index is 12.8. The van der Waals surface area contributed by atoms with Crippen LogP contribution in [0, 0.1) is 0 Å². The smallest absolute Gasteiger partial charge is 0.267 e. The van der Waals surface area contributed by atoms with E-state index in [-0.39, 0.29) is 12.6 Å². The zero-order chi connectivity index (χ0) is 17.8. The average molecular weight is 400 g/mol. The van der Waals surface area contributed by atoms with Gasteiger partial charge >= 0.3 is 0 Å². The van der Waals surface area contributed by atoms with Crippen LogP contribution in [0.4, 0.5) is 0 Å². The second kappa shape index (κ2) is 5.63. The molecule has 1 fully saturated rings. The lowest BCUT2D eigenvalue weighted by atomic mass is 9.97. The minimum atomic E-state index is -3.79. The van der Waals surface area contributed by atoms with E-state index in [0.717, 1.165) is 14.7 Å². The Morgan fingerprint density at radius 3 is 2.88 bits per heavy atom. The predicted molar refractivity (Wildman–Crippen MR) is 94.7 cm³/mol. The minimum Gasteiger partial charge on any atom is -0.369 e. The van der Waals surface area contributed by atoms with E-state index in [2.05, 4.69) is 15.0 Å². The fraction of sp³-hybridized carbons (Fsp3) is 0.357. The van der Waals surface area contributed by atoms with Crippen molar-refractivity contribution in [2.24, 2.45) is 10.7 Å². The van der Waals surface area contributed by atoms with E-state index in [9.17, 15) is 8.42 Å². The average Bonchev–Trinajstić information content (AvgIpc) is 3.19. The fourth-order valence-corrected chi connectivity index (χ4v) is 6.44. The summed E-state index contributed by atoms with van der Waals surface area (Å²) in [7, 11) is -2.42. The quantitative estimate of drug-likeness (QED) is 0.816. The molecule has 2 aromatic heterocycles. The van der Waals surface area contributed by atoms with Gasteiger partial charge in [0.25, 0.3) is 10.0 Å². The van der Waals surface area contributed by atoms with Gasteiger partial charge in [-0.15, -0.1) is 11.3 Å². The number of thiophene rings is 1. The second-order valence-corrected chi connectivity index (χ2v) is 9.24. The summed E-state index contributed by atoms with van der Waals surface area (Å²) in [6.07, 6.45) is 5.16. The van der Waals surface area contributed by atoms with E-state index in [0.29, 0.717) is 16.3 Å². The molecule has 0 aromatic carbocycles. The summed E-state index contributed by atoms with van der Waals surface area (Å²) in [6, 6.07) is 1.76. The van der Waals surface area contributed by atoms with Gasteiger partial charge in [-0.1, -0.05) is 11.6 Å². The number of hydrogen-bond donors (Lipinski definition) is 1. The highest BCUT2D eigenvalue weighted by atomic mass is 35.5. The molecule has 0 spiro atoms. The summed E-state index contributed by atoms with van der Waals surface area (Å²) in [6.45, 7) is 0.256. The van der Waals surface area contributed by atoms with Gasteiger partial charge in [0, 0.05) is 36.3 Å². The molecule has 0 radical (unpaired) electrons. The number of aliphatic imine (C=N–C) groups is 1. The maximum absolute atomic E-state index is 12.8. The number of fused-ring (bicyclic) bond motifs is 1. The van der Waals surface area contributed by atoms with Crippen molar-refractivity contribution in [1.29, 1.82) is 0 Å². The molecule has 0 saturated carbocycles. The lowest BCUT2D eigenvalue weighted by Gasteiger charge is -2.37. The second-order valence-electron chi connectivity index (χ2n) is 5.77. The highest BCUT2D eigenvalue weighted by molar-refractivity contribution is 7.90. The van der Waals surface area contributed by atoms with Crippen LogP contribution in [0.15, 0.2) is 29.8 Å². The summed E-state index contributed by atoms with van der Waals surface area (Å²) in [5, 5.41) is 0.427. The van der Waals surface area contributed by atoms with Crippen LogP contribution >= 0.6 is 22.9 Å². The number of aromatic nitrogens is 2. The zero-order valence-electron chi connectivity index (χ0n) is 13.1. The number of halogens is 1. The molecule has 25 heavy (non-hydrogen) atoms. The molecule has 0 aliphatic carbocycles. The van der Waals surface area contributed by atoms with Gasteiger partial charge in [0.1, 0.15) is 11.9 Å². The van der Waals surface area contributed by atoms with Crippen molar-refractivity contribution >= 4 is 38.9 Å². The molecule has 0 bridgehead atoms. The van der Waals surface area contributed by atoms with Gasteiger partial charge in [0.15, 0.2) is 0 Å². The Balaban J connectivity index is 1.90. The van der Waals surface area contributed by atoms with Crippen LogP contribution in [0.1, 0.15) is 11.3 Å². The number of hydrogen-bond acceptors (Lipinski definition) is 8. The first kappa shape index (κ1) is 16.7. The summed E-state index contributed by atoms with van der Waals surface area (Å²) >= 11 is 7.82.